The Morgan fingerprint density at radius 2 is 2.22 bits per heavy atom. The molecule has 18 heavy (non-hydrogen) atoms. The van der Waals surface area contributed by atoms with Crippen LogP contribution < -0.4 is 0 Å². The van der Waals surface area contributed by atoms with Gasteiger partial charge >= 0.3 is 0 Å². The predicted octanol–water partition coefficient (Wildman–Crippen LogP) is 1.17. The highest BCUT2D eigenvalue weighted by Gasteiger charge is 2.32. The van der Waals surface area contributed by atoms with Crippen LogP contribution >= 0.6 is 0 Å². The highest BCUT2D eigenvalue weighted by Crippen LogP contribution is 2.24. The van der Waals surface area contributed by atoms with E-state index in [4.69, 9.17) is 4.42 Å². The molecule has 2 aliphatic heterocycles. The fraction of sp³-hybridized carbons (Fsp3) is 0.714. The third-order valence-corrected chi connectivity index (χ3v) is 4.30. The summed E-state index contributed by atoms with van der Waals surface area (Å²) < 4.78 is 5.40. The number of aliphatic hydroxyl groups is 1. The van der Waals surface area contributed by atoms with Crippen molar-refractivity contribution in [1.82, 2.24) is 9.80 Å². The summed E-state index contributed by atoms with van der Waals surface area (Å²) in [6, 6.07) is 4.68. The van der Waals surface area contributed by atoms with Crippen molar-refractivity contribution in [2.45, 2.75) is 25.4 Å². The quantitative estimate of drug-likeness (QED) is 0.871. The molecule has 1 N–H and O–H groups in total. The van der Waals surface area contributed by atoms with E-state index in [9.17, 15) is 5.11 Å². The largest absolute Gasteiger partial charge is 0.468 e. The van der Waals surface area contributed by atoms with E-state index in [-0.39, 0.29) is 0 Å². The highest BCUT2D eigenvalue weighted by atomic mass is 16.3. The van der Waals surface area contributed by atoms with Gasteiger partial charge in [0.05, 0.1) is 12.8 Å². The van der Waals surface area contributed by atoms with Crippen LogP contribution in [0, 0.1) is 5.92 Å². The van der Waals surface area contributed by atoms with Crippen molar-refractivity contribution < 1.29 is 9.52 Å². The molecule has 2 unspecified atom stereocenters. The van der Waals surface area contributed by atoms with Gasteiger partial charge in [-0.05, 0) is 37.4 Å². The molecule has 1 aromatic heterocycles. The fourth-order valence-electron chi connectivity index (χ4n) is 3.22. The first-order valence-corrected chi connectivity index (χ1v) is 6.95. The first-order chi connectivity index (χ1) is 8.85. The summed E-state index contributed by atoms with van der Waals surface area (Å²) in [6.45, 7) is 5.81. The SMILES string of the molecule is OCC1CCN(C2CCN(Cc3ccco3)C2)C1. The molecular weight excluding hydrogens is 228 g/mol. The molecular formula is C14H22N2O2. The van der Waals surface area contributed by atoms with E-state index in [1.165, 1.54) is 6.42 Å². The number of aliphatic hydroxyl groups excluding tert-OH is 1. The third-order valence-electron chi connectivity index (χ3n) is 4.30. The van der Waals surface area contributed by atoms with E-state index in [1.807, 2.05) is 12.1 Å². The zero-order valence-electron chi connectivity index (χ0n) is 10.8. The molecule has 4 heteroatoms. The second kappa shape index (κ2) is 5.43. The first kappa shape index (κ1) is 12.2. The molecule has 2 fully saturated rings. The Bertz CT molecular complexity index is 366. The summed E-state index contributed by atoms with van der Waals surface area (Å²) in [5.74, 6) is 1.56. The zero-order chi connectivity index (χ0) is 12.4. The van der Waals surface area contributed by atoms with Crippen LogP contribution in [0.2, 0.25) is 0 Å². The minimum atomic E-state index is 0.347. The van der Waals surface area contributed by atoms with Gasteiger partial charge in [0.25, 0.3) is 0 Å². The second-order valence-corrected chi connectivity index (χ2v) is 5.59. The lowest BCUT2D eigenvalue weighted by Crippen LogP contribution is -2.36. The van der Waals surface area contributed by atoms with Gasteiger partial charge in [0.15, 0.2) is 0 Å². The van der Waals surface area contributed by atoms with Crippen molar-refractivity contribution >= 4 is 0 Å². The lowest BCUT2D eigenvalue weighted by atomic mass is 10.1. The molecule has 0 aromatic carbocycles. The molecule has 2 atom stereocenters. The standard InChI is InChI=1S/C14H22N2O2/c17-11-12-3-6-16(8-12)13-4-5-15(9-13)10-14-2-1-7-18-14/h1-2,7,12-13,17H,3-6,8-11H2. The summed E-state index contributed by atoms with van der Waals surface area (Å²) in [7, 11) is 0. The van der Waals surface area contributed by atoms with Gasteiger partial charge in [0.1, 0.15) is 5.76 Å². The lowest BCUT2D eigenvalue weighted by Gasteiger charge is -2.24. The molecule has 100 valence electrons. The summed E-state index contributed by atoms with van der Waals surface area (Å²) in [5.41, 5.74) is 0. The Balaban J connectivity index is 1.49. The third kappa shape index (κ3) is 2.60. The molecule has 3 rings (SSSR count). The van der Waals surface area contributed by atoms with Gasteiger partial charge in [0, 0.05) is 32.3 Å². The zero-order valence-corrected chi connectivity index (χ0v) is 10.8. The smallest absolute Gasteiger partial charge is 0.117 e. The van der Waals surface area contributed by atoms with Crippen LogP contribution in [-0.4, -0.2) is 53.7 Å². The molecule has 2 aliphatic rings. The average Bonchev–Trinajstić information content (AvgIpc) is 3.09. The maximum absolute atomic E-state index is 9.20. The van der Waals surface area contributed by atoms with Crippen molar-refractivity contribution in [3.63, 3.8) is 0 Å². The number of furan rings is 1. The lowest BCUT2D eigenvalue weighted by molar-refractivity contribution is 0.192. The average molecular weight is 250 g/mol. The number of nitrogens with zero attached hydrogens (tertiary/aromatic N) is 2. The maximum atomic E-state index is 9.20. The van der Waals surface area contributed by atoms with E-state index in [0.717, 1.165) is 44.9 Å². The molecule has 3 heterocycles. The number of rotatable bonds is 4. The van der Waals surface area contributed by atoms with E-state index >= 15 is 0 Å². The van der Waals surface area contributed by atoms with Gasteiger partial charge in [-0.3, -0.25) is 9.80 Å². The number of hydrogen-bond donors (Lipinski definition) is 1. The van der Waals surface area contributed by atoms with Crippen molar-refractivity contribution in [1.29, 1.82) is 0 Å². The molecule has 0 bridgehead atoms. The van der Waals surface area contributed by atoms with Crippen LogP contribution in [0.3, 0.4) is 0 Å². The van der Waals surface area contributed by atoms with Crippen LogP contribution in [0.1, 0.15) is 18.6 Å². The van der Waals surface area contributed by atoms with Gasteiger partial charge in [-0.2, -0.15) is 0 Å². The summed E-state index contributed by atoms with van der Waals surface area (Å²) in [5, 5.41) is 9.20. The van der Waals surface area contributed by atoms with Crippen molar-refractivity contribution in [2.24, 2.45) is 5.92 Å². The molecule has 0 radical (unpaired) electrons. The Hall–Kier alpha value is -0.840. The monoisotopic (exact) mass is 250 g/mol. The number of likely N-dealkylation sites (tertiary alicyclic amines) is 2. The van der Waals surface area contributed by atoms with Crippen molar-refractivity contribution in [3.8, 4) is 0 Å². The van der Waals surface area contributed by atoms with E-state index in [1.54, 1.807) is 6.26 Å². The predicted molar refractivity (Wildman–Crippen MR) is 69.2 cm³/mol. The molecule has 0 amide bonds. The van der Waals surface area contributed by atoms with E-state index < -0.39 is 0 Å². The van der Waals surface area contributed by atoms with Gasteiger partial charge in [0.2, 0.25) is 0 Å². The van der Waals surface area contributed by atoms with E-state index in [0.29, 0.717) is 18.6 Å². The van der Waals surface area contributed by atoms with Crippen molar-refractivity contribution in [3.05, 3.63) is 24.2 Å². The van der Waals surface area contributed by atoms with Crippen LogP contribution in [0.5, 0.6) is 0 Å². The minimum Gasteiger partial charge on any atom is -0.468 e. The topological polar surface area (TPSA) is 39.9 Å². The van der Waals surface area contributed by atoms with Crippen molar-refractivity contribution in [2.75, 3.05) is 32.8 Å². The second-order valence-electron chi connectivity index (χ2n) is 5.59. The molecule has 1 aromatic rings. The van der Waals surface area contributed by atoms with Gasteiger partial charge in [-0.1, -0.05) is 0 Å². The number of hydrogen-bond acceptors (Lipinski definition) is 4. The Morgan fingerprint density at radius 3 is 2.94 bits per heavy atom. The van der Waals surface area contributed by atoms with Crippen LogP contribution in [-0.2, 0) is 6.54 Å². The molecule has 4 nitrogen and oxygen atoms in total. The summed E-state index contributed by atoms with van der Waals surface area (Å²) in [4.78, 5) is 5.03. The van der Waals surface area contributed by atoms with Crippen LogP contribution in [0.4, 0.5) is 0 Å². The normalized spacial score (nSPS) is 30.3. The van der Waals surface area contributed by atoms with Gasteiger partial charge in [-0.15, -0.1) is 0 Å². The first-order valence-electron chi connectivity index (χ1n) is 6.95. The Kier molecular flexibility index (Phi) is 3.68. The van der Waals surface area contributed by atoms with Crippen LogP contribution in [0.25, 0.3) is 0 Å². The Labute approximate surface area is 108 Å². The van der Waals surface area contributed by atoms with Gasteiger partial charge in [-0.25, -0.2) is 0 Å². The fourth-order valence-corrected chi connectivity index (χ4v) is 3.22. The summed E-state index contributed by atoms with van der Waals surface area (Å²) in [6.07, 6.45) is 4.15. The minimum absolute atomic E-state index is 0.347. The Morgan fingerprint density at radius 1 is 1.28 bits per heavy atom. The maximum Gasteiger partial charge on any atom is 0.117 e. The molecule has 0 aliphatic carbocycles. The molecule has 0 spiro atoms. The van der Waals surface area contributed by atoms with Crippen LogP contribution in [0.15, 0.2) is 22.8 Å². The molecule has 2 saturated heterocycles. The highest BCUT2D eigenvalue weighted by molar-refractivity contribution is 4.99. The van der Waals surface area contributed by atoms with Gasteiger partial charge < -0.3 is 9.52 Å². The summed E-state index contributed by atoms with van der Waals surface area (Å²) >= 11 is 0. The molecule has 0 saturated carbocycles. The van der Waals surface area contributed by atoms with E-state index in [2.05, 4.69) is 9.80 Å².